The lowest BCUT2D eigenvalue weighted by atomic mass is 10.0. The maximum absolute atomic E-state index is 10.5. The minimum absolute atomic E-state index is 0.138. The van der Waals surface area contributed by atoms with Gasteiger partial charge in [-0.2, -0.15) is 0 Å². The van der Waals surface area contributed by atoms with Gasteiger partial charge in [0.25, 0.3) is 0 Å². The van der Waals surface area contributed by atoms with Crippen LogP contribution in [0.4, 0.5) is 0 Å². The maximum atomic E-state index is 10.5. The number of carboxylic acids is 1. The number of aliphatic carboxylic acids is 1. The lowest BCUT2D eigenvalue weighted by molar-refractivity contribution is -0.137. The van der Waals surface area contributed by atoms with E-state index in [2.05, 4.69) is 17.5 Å². The monoisotopic (exact) mass is 206 g/mol. The Labute approximate surface area is 88.6 Å². The summed E-state index contributed by atoms with van der Waals surface area (Å²) in [5.41, 5.74) is 1.28. The first-order chi connectivity index (χ1) is 7.27. The van der Waals surface area contributed by atoms with Crippen LogP contribution in [0.5, 0.6) is 0 Å². The van der Waals surface area contributed by atoms with Crippen LogP contribution >= 0.6 is 0 Å². The van der Waals surface area contributed by atoms with E-state index in [-0.39, 0.29) is 12.6 Å². The Morgan fingerprint density at radius 3 is 3.33 bits per heavy atom. The molecular weight excluding hydrogens is 192 g/mol. The Morgan fingerprint density at radius 1 is 1.67 bits per heavy atom. The number of hydrogen-bond acceptors (Lipinski definition) is 3. The summed E-state index contributed by atoms with van der Waals surface area (Å²) in [4.78, 5) is 12.5. The van der Waals surface area contributed by atoms with Crippen molar-refractivity contribution in [3.05, 3.63) is 36.2 Å². The molecule has 0 bridgehead atoms. The fraction of sp³-hybridized carbons (Fsp3) is 0.364. The number of carboxylic acid groups (broad SMARTS) is 1. The normalized spacial score (nSPS) is 23.1. The zero-order valence-corrected chi connectivity index (χ0v) is 8.39. The van der Waals surface area contributed by atoms with Crippen LogP contribution in [0.1, 0.15) is 12.8 Å². The fourth-order valence-electron chi connectivity index (χ4n) is 1.84. The molecular formula is C11H14N2O2. The van der Waals surface area contributed by atoms with Crippen molar-refractivity contribution in [2.45, 2.75) is 19.0 Å². The number of nitrogens with one attached hydrogen (secondary N) is 1. The number of dihydropyridines is 1. The number of nitrogens with zero attached hydrogens (tertiary/aromatic N) is 1. The Bertz CT molecular complexity index is 344. The van der Waals surface area contributed by atoms with Crippen LogP contribution in [-0.4, -0.2) is 28.7 Å². The van der Waals surface area contributed by atoms with Gasteiger partial charge in [-0.25, -0.2) is 0 Å². The van der Waals surface area contributed by atoms with E-state index < -0.39 is 5.97 Å². The number of carbonyl (C=O) groups is 1. The van der Waals surface area contributed by atoms with Crippen molar-refractivity contribution in [3.63, 3.8) is 0 Å². The van der Waals surface area contributed by atoms with Crippen molar-refractivity contribution in [3.8, 4) is 0 Å². The molecule has 1 unspecified atom stereocenters. The summed E-state index contributed by atoms with van der Waals surface area (Å²) in [6.45, 7) is 0.536. The molecule has 4 heteroatoms. The Hall–Kier alpha value is -1.71. The molecule has 2 rings (SSSR count). The molecule has 0 aromatic carbocycles. The minimum Gasteiger partial charge on any atom is -0.481 e. The molecule has 2 aliphatic heterocycles. The van der Waals surface area contributed by atoms with Gasteiger partial charge in [-0.15, -0.1) is 0 Å². The molecule has 80 valence electrons. The third-order valence-corrected chi connectivity index (χ3v) is 2.58. The smallest absolute Gasteiger partial charge is 0.305 e. The molecule has 1 atom stereocenters. The molecule has 0 aromatic rings. The van der Waals surface area contributed by atoms with E-state index in [9.17, 15) is 4.79 Å². The molecule has 15 heavy (non-hydrogen) atoms. The van der Waals surface area contributed by atoms with Crippen molar-refractivity contribution in [1.82, 2.24) is 10.2 Å². The molecule has 2 N–H and O–H groups in total. The van der Waals surface area contributed by atoms with Crippen molar-refractivity contribution >= 4 is 5.97 Å². The largest absolute Gasteiger partial charge is 0.481 e. The summed E-state index contributed by atoms with van der Waals surface area (Å²) in [6.07, 6.45) is 11.2. The SMILES string of the molecule is O=C(O)CCN1C=CCC2=CC=CNC21. The first-order valence-corrected chi connectivity index (χ1v) is 5.03. The van der Waals surface area contributed by atoms with Gasteiger partial charge in [0, 0.05) is 6.54 Å². The van der Waals surface area contributed by atoms with E-state index in [1.165, 1.54) is 5.57 Å². The van der Waals surface area contributed by atoms with Gasteiger partial charge in [-0.3, -0.25) is 4.79 Å². The molecule has 0 aromatic heterocycles. The summed E-state index contributed by atoms with van der Waals surface area (Å²) in [7, 11) is 0. The first kappa shape index (κ1) is 9.83. The second-order valence-corrected chi connectivity index (χ2v) is 3.64. The number of rotatable bonds is 3. The number of fused-ring (bicyclic) bond motifs is 1. The summed E-state index contributed by atoms with van der Waals surface area (Å²) in [5.74, 6) is -0.758. The van der Waals surface area contributed by atoms with Crippen LogP contribution in [0.25, 0.3) is 0 Å². The quantitative estimate of drug-likeness (QED) is 0.724. The van der Waals surface area contributed by atoms with Crippen molar-refractivity contribution in [2.75, 3.05) is 6.54 Å². The van der Waals surface area contributed by atoms with Gasteiger partial charge < -0.3 is 15.3 Å². The molecule has 0 saturated carbocycles. The lowest BCUT2D eigenvalue weighted by Gasteiger charge is -2.36. The van der Waals surface area contributed by atoms with Gasteiger partial charge in [-0.05, 0) is 30.5 Å². The highest BCUT2D eigenvalue weighted by Gasteiger charge is 2.22. The van der Waals surface area contributed by atoms with Crippen LogP contribution in [0.3, 0.4) is 0 Å². The van der Waals surface area contributed by atoms with Crippen LogP contribution < -0.4 is 5.32 Å². The Morgan fingerprint density at radius 2 is 2.53 bits per heavy atom. The first-order valence-electron chi connectivity index (χ1n) is 5.03. The van der Waals surface area contributed by atoms with Crippen LogP contribution in [0.2, 0.25) is 0 Å². The highest BCUT2D eigenvalue weighted by Crippen LogP contribution is 2.21. The summed E-state index contributed by atoms with van der Waals surface area (Å²) in [6, 6.07) is 0. The van der Waals surface area contributed by atoms with Crippen LogP contribution in [0, 0.1) is 0 Å². The second kappa shape index (κ2) is 4.21. The molecule has 2 aliphatic rings. The lowest BCUT2D eigenvalue weighted by Crippen LogP contribution is -2.45. The average Bonchev–Trinajstić information content (AvgIpc) is 2.26. The van der Waals surface area contributed by atoms with Gasteiger partial charge in [0.15, 0.2) is 0 Å². The van der Waals surface area contributed by atoms with Crippen LogP contribution in [-0.2, 0) is 4.79 Å². The van der Waals surface area contributed by atoms with E-state index in [0.29, 0.717) is 6.54 Å². The fourth-order valence-corrected chi connectivity index (χ4v) is 1.84. The molecule has 0 saturated heterocycles. The number of allylic oxidation sites excluding steroid dienone is 3. The van der Waals surface area contributed by atoms with Crippen molar-refractivity contribution < 1.29 is 9.90 Å². The zero-order valence-electron chi connectivity index (χ0n) is 8.39. The topological polar surface area (TPSA) is 52.6 Å². The van der Waals surface area contributed by atoms with Gasteiger partial charge in [0.2, 0.25) is 0 Å². The van der Waals surface area contributed by atoms with E-state index in [1.807, 2.05) is 23.4 Å². The van der Waals surface area contributed by atoms with Crippen molar-refractivity contribution in [2.24, 2.45) is 0 Å². The highest BCUT2D eigenvalue weighted by molar-refractivity contribution is 5.66. The Balaban J connectivity index is 2.02. The van der Waals surface area contributed by atoms with E-state index in [0.717, 1.165) is 6.42 Å². The second-order valence-electron chi connectivity index (χ2n) is 3.64. The molecule has 0 fully saturated rings. The van der Waals surface area contributed by atoms with Crippen molar-refractivity contribution in [1.29, 1.82) is 0 Å². The summed E-state index contributed by atoms with van der Waals surface area (Å²) < 4.78 is 0. The van der Waals surface area contributed by atoms with E-state index in [1.54, 1.807) is 0 Å². The molecule has 0 radical (unpaired) electrons. The van der Waals surface area contributed by atoms with Gasteiger partial charge in [0.05, 0.1) is 6.42 Å². The summed E-state index contributed by atoms with van der Waals surface area (Å²) in [5, 5.41) is 11.9. The van der Waals surface area contributed by atoms with Gasteiger partial charge >= 0.3 is 5.97 Å². The third-order valence-electron chi connectivity index (χ3n) is 2.58. The maximum Gasteiger partial charge on any atom is 0.305 e. The predicted octanol–water partition coefficient (Wildman–Crippen LogP) is 1.05. The molecule has 4 nitrogen and oxygen atoms in total. The zero-order chi connectivity index (χ0) is 10.7. The number of hydrogen-bond donors (Lipinski definition) is 2. The molecule has 2 heterocycles. The van der Waals surface area contributed by atoms with Gasteiger partial charge in [-0.1, -0.05) is 12.2 Å². The molecule has 0 aliphatic carbocycles. The summed E-state index contributed by atoms with van der Waals surface area (Å²) >= 11 is 0. The average molecular weight is 206 g/mol. The minimum atomic E-state index is -0.758. The van der Waals surface area contributed by atoms with Gasteiger partial charge in [0.1, 0.15) is 6.17 Å². The standard InChI is InChI=1S/C11H14N2O2/c14-10(15)5-8-13-7-2-4-9-3-1-6-12-11(9)13/h1-3,6-7,11-12H,4-5,8H2,(H,14,15). The van der Waals surface area contributed by atoms with E-state index >= 15 is 0 Å². The predicted molar refractivity (Wildman–Crippen MR) is 56.9 cm³/mol. The Kier molecular flexibility index (Phi) is 2.76. The third kappa shape index (κ3) is 2.21. The molecule has 0 spiro atoms. The van der Waals surface area contributed by atoms with E-state index in [4.69, 9.17) is 5.11 Å². The van der Waals surface area contributed by atoms with Crippen LogP contribution in [0.15, 0.2) is 36.2 Å². The highest BCUT2D eigenvalue weighted by atomic mass is 16.4. The molecule has 0 amide bonds.